The topological polar surface area (TPSA) is 43.9 Å². The van der Waals surface area contributed by atoms with Crippen molar-refractivity contribution >= 4 is 54.6 Å². The normalized spacial score (nSPS) is 11.7. The highest BCUT2D eigenvalue weighted by Gasteiger charge is 2.17. The third-order valence-corrected chi connectivity index (χ3v) is 10.6. The third-order valence-electron chi connectivity index (χ3n) is 10.6. The second-order valence-electron chi connectivity index (χ2n) is 13.8. The zero-order chi connectivity index (χ0) is 35.6. The standard InChI is InChI=1S/C50H31N3O/c1-3-12-34(13-4-1)50-51-43-19-9-7-17-40(43)49(52-50)33-24-22-32(23-25-33)38-18-11-21-47-48(38)42-31-36(27-29-46(42)54-47)35-26-28-45-41(30-35)39-16-8-10-20-44(39)53(45)37-14-5-2-6-15-37/h1-31H. The molecule has 0 aliphatic heterocycles. The number of para-hydroxylation sites is 3. The first kappa shape index (κ1) is 30.3. The number of fused-ring (bicyclic) bond motifs is 7. The summed E-state index contributed by atoms with van der Waals surface area (Å²) in [6, 6.07) is 66.1. The molecule has 252 valence electrons. The van der Waals surface area contributed by atoms with Gasteiger partial charge in [0.1, 0.15) is 11.2 Å². The van der Waals surface area contributed by atoms with Crippen molar-refractivity contribution in [2.75, 3.05) is 0 Å². The van der Waals surface area contributed by atoms with Crippen molar-refractivity contribution in [3.63, 3.8) is 0 Å². The van der Waals surface area contributed by atoms with Crippen molar-refractivity contribution in [1.29, 1.82) is 0 Å². The van der Waals surface area contributed by atoms with E-state index in [0.29, 0.717) is 0 Å². The molecule has 8 aromatic carbocycles. The molecule has 4 heteroatoms. The zero-order valence-corrected chi connectivity index (χ0v) is 29.1. The number of aromatic nitrogens is 3. The molecule has 0 aliphatic carbocycles. The lowest BCUT2D eigenvalue weighted by molar-refractivity contribution is 0.669. The number of hydrogen-bond donors (Lipinski definition) is 0. The van der Waals surface area contributed by atoms with Crippen LogP contribution in [0.5, 0.6) is 0 Å². The maximum atomic E-state index is 6.46. The van der Waals surface area contributed by atoms with E-state index < -0.39 is 0 Å². The molecule has 0 saturated carbocycles. The first-order valence-corrected chi connectivity index (χ1v) is 18.2. The minimum atomic E-state index is 0.722. The summed E-state index contributed by atoms with van der Waals surface area (Å²) in [5.41, 5.74) is 13.8. The highest BCUT2D eigenvalue weighted by atomic mass is 16.3. The Morgan fingerprint density at radius 1 is 0.389 bits per heavy atom. The van der Waals surface area contributed by atoms with E-state index in [0.717, 1.165) is 77.9 Å². The van der Waals surface area contributed by atoms with Gasteiger partial charge >= 0.3 is 0 Å². The Balaban J connectivity index is 1.02. The Morgan fingerprint density at radius 3 is 1.87 bits per heavy atom. The molecule has 0 fully saturated rings. The van der Waals surface area contributed by atoms with Crippen molar-refractivity contribution < 1.29 is 4.42 Å². The van der Waals surface area contributed by atoms with Crippen LogP contribution in [-0.2, 0) is 0 Å². The van der Waals surface area contributed by atoms with Crippen LogP contribution in [0.2, 0.25) is 0 Å². The first-order chi connectivity index (χ1) is 26.8. The minimum Gasteiger partial charge on any atom is -0.456 e. The average molecular weight is 690 g/mol. The van der Waals surface area contributed by atoms with Gasteiger partial charge in [-0.05, 0) is 76.9 Å². The minimum absolute atomic E-state index is 0.722. The van der Waals surface area contributed by atoms with E-state index in [1.54, 1.807) is 0 Å². The molecule has 0 amide bonds. The summed E-state index contributed by atoms with van der Waals surface area (Å²) in [6.45, 7) is 0. The molecule has 0 bridgehead atoms. The molecule has 11 aromatic rings. The van der Waals surface area contributed by atoms with Crippen LogP contribution in [0.4, 0.5) is 0 Å². The molecule has 11 rings (SSSR count). The molecule has 4 nitrogen and oxygen atoms in total. The highest BCUT2D eigenvalue weighted by Crippen LogP contribution is 2.41. The second kappa shape index (κ2) is 12.1. The molecule has 3 aromatic heterocycles. The van der Waals surface area contributed by atoms with E-state index in [9.17, 15) is 0 Å². The molecule has 0 N–H and O–H groups in total. The predicted octanol–water partition coefficient (Wildman–Crippen LogP) is 13.3. The lowest BCUT2D eigenvalue weighted by atomic mass is 9.95. The summed E-state index contributed by atoms with van der Waals surface area (Å²) in [6.07, 6.45) is 0. The van der Waals surface area contributed by atoms with Gasteiger partial charge in [0.25, 0.3) is 0 Å². The Morgan fingerprint density at radius 2 is 1.04 bits per heavy atom. The van der Waals surface area contributed by atoms with Gasteiger partial charge in [0.2, 0.25) is 0 Å². The maximum absolute atomic E-state index is 6.46. The molecule has 0 radical (unpaired) electrons. The molecular formula is C50H31N3O. The van der Waals surface area contributed by atoms with Gasteiger partial charge in [-0.15, -0.1) is 0 Å². The molecular weight excluding hydrogens is 659 g/mol. The van der Waals surface area contributed by atoms with Crippen LogP contribution in [0.25, 0.3) is 105 Å². The quantitative estimate of drug-likeness (QED) is 0.181. The van der Waals surface area contributed by atoms with Crippen LogP contribution in [0.3, 0.4) is 0 Å². The predicted molar refractivity (Wildman–Crippen MR) is 223 cm³/mol. The Hall–Kier alpha value is -7.30. The number of benzene rings is 8. The zero-order valence-electron chi connectivity index (χ0n) is 29.1. The van der Waals surface area contributed by atoms with E-state index in [1.807, 2.05) is 30.3 Å². The Kier molecular flexibility index (Phi) is 6.82. The van der Waals surface area contributed by atoms with Crippen molar-refractivity contribution in [2.24, 2.45) is 0 Å². The van der Waals surface area contributed by atoms with Crippen molar-refractivity contribution in [3.8, 4) is 50.6 Å². The van der Waals surface area contributed by atoms with Crippen LogP contribution < -0.4 is 0 Å². The Bertz CT molecular complexity index is 3200. The number of nitrogens with zero attached hydrogens (tertiary/aromatic N) is 3. The summed E-state index contributed by atoms with van der Waals surface area (Å²) in [7, 11) is 0. The fourth-order valence-electron chi connectivity index (χ4n) is 8.08. The third kappa shape index (κ3) is 4.85. The summed E-state index contributed by atoms with van der Waals surface area (Å²) < 4.78 is 8.82. The number of rotatable bonds is 5. The van der Waals surface area contributed by atoms with Gasteiger partial charge in [0, 0.05) is 43.7 Å². The van der Waals surface area contributed by atoms with Gasteiger partial charge in [-0.25, -0.2) is 9.97 Å². The summed E-state index contributed by atoms with van der Waals surface area (Å²) >= 11 is 0. The second-order valence-corrected chi connectivity index (χ2v) is 13.8. The highest BCUT2D eigenvalue weighted by molar-refractivity contribution is 6.14. The molecule has 54 heavy (non-hydrogen) atoms. The van der Waals surface area contributed by atoms with E-state index in [2.05, 4.69) is 162 Å². The molecule has 0 saturated heterocycles. The lowest BCUT2D eigenvalue weighted by Gasteiger charge is -2.11. The first-order valence-electron chi connectivity index (χ1n) is 18.2. The van der Waals surface area contributed by atoms with Gasteiger partial charge in [0.15, 0.2) is 5.82 Å². The number of furan rings is 1. The fourth-order valence-corrected chi connectivity index (χ4v) is 8.08. The summed E-state index contributed by atoms with van der Waals surface area (Å²) in [5, 5.41) is 5.72. The van der Waals surface area contributed by atoms with Crippen molar-refractivity contribution in [2.45, 2.75) is 0 Å². The molecule has 0 aliphatic rings. The van der Waals surface area contributed by atoms with Gasteiger partial charge in [-0.1, -0.05) is 133 Å². The smallest absolute Gasteiger partial charge is 0.160 e. The van der Waals surface area contributed by atoms with Crippen LogP contribution in [0, 0.1) is 0 Å². The molecule has 0 atom stereocenters. The number of hydrogen-bond acceptors (Lipinski definition) is 3. The van der Waals surface area contributed by atoms with Gasteiger partial charge < -0.3 is 8.98 Å². The average Bonchev–Trinajstić information content (AvgIpc) is 3.79. The van der Waals surface area contributed by atoms with Crippen LogP contribution in [-0.4, -0.2) is 14.5 Å². The van der Waals surface area contributed by atoms with Crippen LogP contribution in [0.1, 0.15) is 0 Å². The van der Waals surface area contributed by atoms with Crippen LogP contribution in [0.15, 0.2) is 192 Å². The van der Waals surface area contributed by atoms with Crippen molar-refractivity contribution in [1.82, 2.24) is 14.5 Å². The summed E-state index contributed by atoms with van der Waals surface area (Å²) in [4.78, 5) is 9.99. The van der Waals surface area contributed by atoms with Crippen LogP contribution >= 0.6 is 0 Å². The summed E-state index contributed by atoms with van der Waals surface area (Å²) in [5.74, 6) is 0.722. The van der Waals surface area contributed by atoms with E-state index in [-0.39, 0.29) is 0 Å². The van der Waals surface area contributed by atoms with E-state index in [4.69, 9.17) is 14.4 Å². The van der Waals surface area contributed by atoms with E-state index in [1.165, 1.54) is 27.4 Å². The maximum Gasteiger partial charge on any atom is 0.160 e. The molecule has 0 spiro atoms. The SMILES string of the molecule is c1ccc(-c2nc(-c3ccc(-c4cccc5oc6ccc(-c7ccc8c(c7)c7ccccc7n8-c7ccccc7)cc6c45)cc3)c3ccccc3n2)cc1. The van der Waals surface area contributed by atoms with Gasteiger partial charge in [0.05, 0.1) is 22.2 Å². The molecule has 3 heterocycles. The van der Waals surface area contributed by atoms with E-state index >= 15 is 0 Å². The van der Waals surface area contributed by atoms with Gasteiger partial charge in [-0.2, -0.15) is 0 Å². The lowest BCUT2D eigenvalue weighted by Crippen LogP contribution is -1.95. The monoisotopic (exact) mass is 689 g/mol. The van der Waals surface area contributed by atoms with Gasteiger partial charge in [-0.3, -0.25) is 0 Å². The molecule has 0 unspecified atom stereocenters. The Labute approximate surface area is 311 Å². The fraction of sp³-hybridized carbons (Fsp3) is 0. The largest absolute Gasteiger partial charge is 0.456 e. The van der Waals surface area contributed by atoms with Crippen molar-refractivity contribution in [3.05, 3.63) is 188 Å².